The first kappa shape index (κ1) is 11.8. The van der Waals surface area contributed by atoms with Crippen LogP contribution in [0, 0.1) is 5.41 Å². The van der Waals surface area contributed by atoms with Crippen molar-refractivity contribution in [2.75, 3.05) is 13.6 Å². The molecule has 2 rings (SSSR count). The van der Waals surface area contributed by atoms with Crippen molar-refractivity contribution >= 4 is 17.6 Å². The summed E-state index contributed by atoms with van der Waals surface area (Å²) in [7, 11) is 2.11. The minimum atomic E-state index is -0.0496. The molecule has 0 N–H and O–H groups in total. The van der Waals surface area contributed by atoms with Gasteiger partial charge in [-0.3, -0.25) is 0 Å². The Bertz CT molecular complexity index is 328. The summed E-state index contributed by atoms with van der Waals surface area (Å²) >= 11 is 1.79. The molecule has 0 radical (unpaired) electrons. The van der Waals surface area contributed by atoms with E-state index in [0.29, 0.717) is 0 Å². The minimum Gasteiger partial charge on any atom is -0.303 e. The second-order valence-corrected chi connectivity index (χ2v) is 5.97. The van der Waals surface area contributed by atoms with Crippen molar-refractivity contribution in [1.29, 1.82) is 0 Å². The molecule has 0 unspecified atom stereocenters. The van der Waals surface area contributed by atoms with E-state index in [1.165, 1.54) is 24.0 Å². The Morgan fingerprint density at radius 2 is 2.25 bits per heavy atom. The molecule has 1 heterocycles. The van der Waals surface area contributed by atoms with E-state index in [0.717, 1.165) is 25.9 Å². The molecule has 16 heavy (non-hydrogen) atoms. The molecule has 1 aliphatic rings. The van der Waals surface area contributed by atoms with Gasteiger partial charge in [0.25, 0.3) is 0 Å². The van der Waals surface area contributed by atoms with Gasteiger partial charge in [-0.2, -0.15) is 0 Å². The SMILES string of the molecule is CN(Cc1cccs1)CC1(C=O)CCCC1. The van der Waals surface area contributed by atoms with Crippen LogP contribution >= 0.6 is 11.3 Å². The summed E-state index contributed by atoms with van der Waals surface area (Å²) in [4.78, 5) is 14.9. The smallest absolute Gasteiger partial charge is 0.127 e. The number of hydrogen-bond donors (Lipinski definition) is 0. The second-order valence-electron chi connectivity index (χ2n) is 4.94. The topological polar surface area (TPSA) is 20.3 Å². The van der Waals surface area contributed by atoms with E-state index in [9.17, 15) is 4.79 Å². The molecule has 0 aromatic carbocycles. The molecule has 88 valence electrons. The Hall–Kier alpha value is -0.670. The predicted molar refractivity (Wildman–Crippen MR) is 67.6 cm³/mol. The first-order chi connectivity index (χ1) is 7.74. The van der Waals surface area contributed by atoms with Gasteiger partial charge in [0.1, 0.15) is 6.29 Å². The molecule has 0 atom stereocenters. The minimum absolute atomic E-state index is 0.0496. The van der Waals surface area contributed by atoms with E-state index in [2.05, 4.69) is 29.5 Å². The van der Waals surface area contributed by atoms with Crippen LogP contribution in [-0.2, 0) is 11.3 Å². The standard InChI is InChI=1S/C13H19NOS/c1-14(9-12-5-4-8-16-12)10-13(11-15)6-2-3-7-13/h4-5,8,11H,2-3,6-7,9-10H2,1H3. The van der Waals surface area contributed by atoms with E-state index >= 15 is 0 Å². The number of carbonyl (C=O) groups is 1. The molecule has 1 fully saturated rings. The maximum Gasteiger partial charge on any atom is 0.127 e. The highest BCUT2D eigenvalue weighted by Crippen LogP contribution is 2.36. The zero-order valence-corrected chi connectivity index (χ0v) is 10.6. The van der Waals surface area contributed by atoms with Crippen molar-refractivity contribution < 1.29 is 4.79 Å². The van der Waals surface area contributed by atoms with Crippen LogP contribution in [0.25, 0.3) is 0 Å². The number of rotatable bonds is 5. The highest BCUT2D eigenvalue weighted by molar-refractivity contribution is 7.09. The van der Waals surface area contributed by atoms with Gasteiger partial charge in [0.05, 0.1) is 0 Å². The largest absolute Gasteiger partial charge is 0.303 e. The average Bonchev–Trinajstić information content (AvgIpc) is 2.90. The number of nitrogens with zero attached hydrogens (tertiary/aromatic N) is 1. The van der Waals surface area contributed by atoms with E-state index in [1.807, 2.05) is 0 Å². The third-order valence-electron chi connectivity index (χ3n) is 3.44. The first-order valence-corrected chi connectivity index (χ1v) is 6.79. The highest BCUT2D eigenvalue weighted by Gasteiger charge is 2.34. The second kappa shape index (κ2) is 5.11. The fourth-order valence-corrected chi connectivity index (χ4v) is 3.44. The predicted octanol–water partition coefficient (Wildman–Crippen LogP) is 2.94. The Morgan fingerprint density at radius 3 is 2.81 bits per heavy atom. The van der Waals surface area contributed by atoms with Crippen LogP contribution in [0.3, 0.4) is 0 Å². The molecule has 0 bridgehead atoms. The van der Waals surface area contributed by atoms with Crippen LogP contribution in [0.2, 0.25) is 0 Å². The van der Waals surface area contributed by atoms with Gasteiger partial charge in [-0.15, -0.1) is 11.3 Å². The van der Waals surface area contributed by atoms with Gasteiger partial charge in [-0.1, -0.05) is 18.9 Å². The van der Waals surface area contributed by atoms with Gasteiger partial charge >= 0.3 is 0 Å². The number of thiophene rings is 1. The Balaban J connectivity index is 1.90. The summed E-state index contributed by atoms with van der Waals surface area (Å²) in [6.07, 6.45) is 5.78. The molecule has 1 saturated carbocycles. The fraction of sp³-hybridized carbons (Fsp3) is 0.615. The molecular weight excluding hydrogens is 218 g/mol. The molecule has 1 aromatic rings. The Labute approximate surface area is 101 Å². The van der Waals surface area contributed by atoms with Crippen LogP contribution in [0.15, 0.2) is 17.5 Å². The van der Waals surface area contributed by atoms with Crippen LogP contribution in [0.4, 0.5) is 0 Å². The number of carbonyl (C=O) groups excluding carboxylic acids is 1. The fourth-order valence-electron chi connectivity index (χ4n) is 2.65. The molecular formula is C13H19NOS. The Kier molecular flexibility index (Phi) is 3.77. The maximum absolute atomic E-state index is 11.2. The lowest BCUT2D eigenvalue weighted by Crippen LogP contribution is -2.34. The monoisotopic (exact) mass is 237 g/mol. The van der Waals surface area contributed by atoms with Crippen LogP contribution in [-0.4, -0.2) is 24.8 Å². The molecule has 1 aliphatic carbocycles. The normalized spacial score (nSPS) is 19.1. The third-order valence-corrected chi connectivity index (χ3v) is 4.30. The van der Waals surface area contributed by atoms with E-state index in [-0.39, 0.29) is 5.41 Å². The summed E-state index contributed by atoms with van der Waals surface area (Å²) in [5, 5.41) is 2.11. The summed E-state index contributed by atoms with van der Waals surface area (Å²) < 4.78 is 0. The van der Waals surface area contributed by atoms with E-state index < -0.39 is 0 Å². The zero-order valence-electron chi connectivity index (χ0n) is 9.82. The molecule has 0 aliphatic heterocycles. The lowest BCUT2D eigenvalue weighted by Gasteiger charge is -2.28. The van der Waals surface area contributed by atoms with Crippen molar-refractivity contribution in [1.82, 2.24) is 4.90 Å². The van der Waals surface area contributed by atoms with Crippen molar-refractivity contribution in [2.24, 2.45) is 5.41 Å². The molecule has 3 heteroatoms. The maximum atomic E-state index is 11.2. The van der Waals surface area contributed by atoms with E-state index in [1.54, 1.807) is 11.3 Å². The van der Waals surface area contributed by atoms with Gasteiger partial charge in [-0.25, -0.2) is 0 Å². The molecule has 0 amide bonds. The highest BCUT2D eigenvalue weighted by atomic mass is 32.1. The quantitative estimate of drug-likeness (QED) is 0.734. The molecule has 2 nitrogen and oxygen atoms in total. The lowest BCUT2D eigenvalue weighted by molar-refractivity contribution is -0.116. The first-order valence-electron chi connectivity index (χ1n) is 5.91. The van der Waals surface area contributed by atoms with Gasteiger partial charge < -0.3 is 9.69 Å². The average molecular weight is 237 g/mol. The molecule has 0 saturated heterocycles. The van der Waals surface area contributed by atoms with Crippen LogP contribution in [0.5, 0.6) is 0 Å². The van der Waals surface area contributed by atoms with Crippen molar-refractivity contribution in [3.63, 3.8) is 0 Å². The van der Waals surface area contributed by atoms with Crippen molar-refractivity contribution in [3.8, 4) is 0 Å². The van der Waals surface area contributed by atoms with Crippen LogP contribution in [0.1, 0.15) is 30.6 Å². The van der Waals surface area contributed by atoms with Crippen molar-refractivity contribution in [3.05, 3.63) is 22.4 Å². The summed E-state index contributed by atoms with van der Waals surface area (Å²) in [5.74, 6) is 0. The van der Waals surface area contributed by atoms with Gasteiger partial charge in [0.2, 0.25) is 0 Å². The molecule has 0 spiro atoms. The lowest BCUT2D eigenvalue weighted by atomic mass is 9.87. The third kappa shape index (κ3) is 2.71. The van der Waals surface area contributed by atoms with Gasteiger partial charge in [0, 0.05) is 23.4 Å². The molecule has 1 aromatic heterocycles. The van der Waals surface area contributed by atoms with Gasteiger partial charge in [-0.05, 0) is 31.3 Å². The summed E-state index contributed by atoms with van der Waals surface area (Å²) in [6.45, 7) is 1.88. The van der Waals surface area contributed by atoms with E-state index in [4.69, 9.17) is 0 Å². The Morgan fingerprint density at radius 1 is 1.50 bits per heavy atom. The zero-order chi connectivity index (χ0) is 11.4. The number of aldehydes is 1. The van der Waals surface area contributed by atoms with Gasteiger partial charge in [0.15, 0.2) is 0 Å². The van der Waals surface area contributed by atoms with Crippen molar-refractivity contribution in [2.45, 2.75) is 32.2 Å². The summed E-state index contributed by atoms with van der Waals surface area (Å²) in [5.41, 5.74) is -0.0496. The van der Waals surface area contributed by atoms with Crippen LogP contribution < -0.4 is 0 Å². The number of hydrogen-bond acceptors (Lipinski definition) is 3. The summed E-state index contributed by atoms with van der Waals surface area (Å²) in [6, 6.07) is 4.24.